The van der Waals surface area contributed by atoms with Gasteiger partial charge in [0.25, 0.3) is 0 Å². The maximum atomic E-state index is 5.51. The molecule has 0 atom stereocenters. The highest BCUT2D eigenvalue weighted by atomic mass is 16.6. The molecule has 0 aromatic heterocycles. The fourth-order valence-electron chi connectivity index (χ4n) is 1.57. The van der Waals surface area contributed by atoms with E-state index in [-0.39, 0.29) is 0 Å². The van der Waals surface area contributed by atoms with Gasteiger partial charge in [-0.25, -0.2) is 0 Å². The van der Waals surface area contributed by atoms with Crippen LogP contribution in [0.25, 0.3) is 0 Å². The SMILES string of the molecule is CCCOCCOCCOCCOCc1ccccc1. The second kappa shape index (κ2) is 13.1. The van der Waals surface area contributed by atoms with E-state index in [2.05, 4.69) is 19.1 Å². The lowest BCUT2D eigenvalue weighted by atomic mass is 10.2. The van der Waals surface area contributed by atoms with Gasteiger partial charge in [-0.2, -0.15) is 0 Å². The first-order valence-electron chi connectivity index (χ1n) is 7.28. The van der Waals surface area contributed by atoms with Crippen molar-refractivity contribution in [3.05, 3.63) is 35.9 Å². The van der Waals surface area contributed by atoms with Crippen LogP contribution in [-0.4, -0.2) is 46.2 Å². The monoisotopic (exact) mass is 282 g/mol. The zero-order chi connectivity index (χ0) is 14.3. The maximum absolute atomic E-state index is 5.51. The van der Waals surface area contributed by atoms with E-state index in [1.54, 1.807) is 0 Å². The Balaban J connectivity index is 1.77. The molecule has 0 fully saturated rings. The van der Waals surface area contributed by atoms with E-state index >= 15 is 0 Å². The molecule has 0 amide bonds. The van der Waals surface area contributed by atoms with Crippen molar-refractivity contribution in [2.75, 3.05) is 46.2 Å². The molecular weight excluding hydrogens is 256 g/mol. The largest absolute Gasteiger partial charge is 0.379 e. The molecule has 0 bridgehead atoms. The summed E-state index contributed by atoms with van der Waals surface area (Å²) in [5, 5.41) is 0. The van der Waals surface area contributed by atoms with Crippen LogP contribution < -0.4 is 0 Å². The molecule has 1 rings (SSSR count). The maximum Gasteiger partial charge on any atom is 0.0718 e. The number of hydrogen-bond donors (Lipinski definition) is 0. The van der Waals surface area contributed by atoms with Gasteiger partial charge >= 0.3 is 0 Å². The molecule has 0 unspecified atom stereocenters. The van der Waals surface area contributed by atoms with Crippen LogP contribution in [0, 0.1) is 0 Å². The van der Waals surface area contributed by atoms with Crippen molar-refractivity contribution in [1.82, 2.24) is 0 Å². The molecule has 0 radical (unpaired) electrons. The van der Waals surface area contributed by atoms with Gasteiger partial charge in [-0.1, -0.05) is 37.3 Å². The smallest absolute Gasteiger partial charge is 0.0718 e. The average molecular weight is 282 g/mol. The average Bonchev–Trinajstić information content (AvgIpc) is 2.49. The van der Waals surface area contributed by atoms with Gasteiger partial charge in [0.2, 0.25) is 0 Å². The predicted octanol–water partition coefficient (Wildman–Crippen LogP) is 2.66. The lowest BCUT2D eigenvalue weighted by Crippen LogP contribution is -2.12. The Bertz CT molecular complexity index is 303. The molecule has 0 saturated carbocycles. The van der Waals surface area contributed by atoms with Crippen molar-refractivity contribution in [2.24, 2.45) is 0 Å². The highest BCUT2D eigenvalue weighted by Gasteiger charge is 1.93. The molecule has 20 heavy (non-hydrogen) atoms. The van der Waals surface area contributed by atoms with Crippen molar-refractivity contribution >= 4 is 0 Å². The predicted molar refractivity (Wildman–Crippen MR) is 78.8 cm³/mol. The van der Waals surface area contributed by atoms with E-state index in [9.17, 15) is 0 Å². The van der Waals surface area contributed by atoms with Crippen molar-refractivity contribution < 1.29 is 18.9 Å². The Morgan fingerprint density at radius 2 is 1.15 bits per heavy atom. The van der Waals surface area contributed by atoms with Gasteiger partial charge in [-0.15, -0.1) is 0 Å². The number of rotatable bonds is 13. The first-order chi connectivity index (χ1) is 9.93. The molecule has 0 aliphatic carbocycles. The molecule has 0 N–H and O–H groups in total. The third-order valence-corrected chi connectivity index (χ3v) is 2.58. The van der Waals surface area contributed by atoms with Crippen molar-refractivity contribution in [2.45, 2.75) is 20.0 Å². The van der Waals surface area contributed by atoms with Gasteiger partial charge in [0.15, 0.2) is 0 Å². The first-order valence-corrected chi connectivity index (χ1v) is 7.28. The third kappa shape index (κ3) is 9.92. The fourth-order valence-corrected chi connectivity index (χ4v) is 1.57. The Morgan fingerprint density at radius 3 is 1.70 bits per heavy atom. The van der Waals surface area contributed by atoms with Gasteiger partial charge in [0, 0.05) is 6.61 Å². The van der Waals surface area contributed by atoms with Gasteiger partial charge < -0.3 is 18.9 Å². The lowest BCUT2D eigenvalue weighted by molar-refractivity contribution is -0.00401. The number of hydrogen-bond acceptors (Lipinski definition) is 4. The van der Waals surface area contributed by atoms with Crippen molar-refractivity contribution in [1.29, 1.82) is 0 Å². The molecule has 4 heteroatoms. The Hall–Kier alpha value is -0.940. The first kappa shape index (κ1) is 17.1. The van der Waals surface area contributed by atoms with Crippen LogP contribution in [-0.2, 0) is 25.6 Å². The van der Waals surface area contributed by atoms with E-state index < -0.39 is 0 Å². The Kier molecular flexibility index (Phi) is 11.2. The van der Waals surface area contributed by atoms with Crippen LogP contribution in [0.1, 0.15) is 18.9 Å². The highest BCUT2D eigenvalue weighted by Crippen LogP contribution is 1.99. The molecule has 0 aliphatic rings. The minimum absolute atomic E-state index is 0.600. The molecule has 0 saturated heterocycles. The summed E-state index contributed by atoms with van der Waals surface area (Å²) >= 11 is 0. The summed E-state index contributed by atoms with van der Waals surface area (Å²) in [6.07, 6.45) is 1.05. The zero-order valence-electron chi connectivity index (χ0n) is 12.4. The molecule has 1 aromatic rings. The van der Waals surface area contributed by atoms with Crippen LogP contribution in [0.2, 0.25) is 0 Å². The van der Waals surface area contributed by atoms with Gasteiger partial charge in [0.05, 0.1) is 46.2 Å². The summed E-state index contributed by atoms with van der Waals surface area (Å²) in [6.45, 7) is 7.23. The van der Waals surface area contributed by atoms with Gasteiger partial charge in [-0.05, 0) is 12.0 Å². The van der Waals surface area contributed by atoms with Crippen LogP contribution in [0.4, 0.5) is 0 Å². The zero-order valence-corrected chi connectivity index (χ0v) is 12.4. The molecule has 0 aliphatic heterocycles. The molecule has 0 spiro atoms. The molecule has 0 heterocycles. The second-order valence-corrected chi connectivity index (χ2v) is 4.38. The van der Waals surface area contributed by atoms with E-state index in [0.717, 1.165) is 13.0 Å². The second-order valence-electron chi connectivity index (χ2n) is 4.38. The number of ether oxygens (including phenoxy) is 4. The third-order valence-electron chi connectivity index (χ3n) is 2.58. The van der Waals surface area contributed by atoms with Gasteiger partial charge in [0.1, 0.15) is 0 Å². The highest BCUT2D eigenvalue weighted by molar-refractivity contribution is 5.13. The standard InChI is InChI=1S/C16H26O4/c1-2-8-17-9-10-18-11-12-19-13-14-20-15-16-6-4-3-5-7-16/h3-7H,2,8-15H2,1H3. The molecular formula is C16H26O4. The Morgan fingerprint density at radius 1 is 0.650 bits per heavy atom. The summed E-state index contributed by atoms with van der Waals surface area (Å²) in [5.74, 6) is 0. The van der Waals surface area contributed by atoms with Crippen LogP contribution in [0.15, 0.2) is 30.3 Å². The van der Waals surface area contributed by atoms with E-state index in [4.69, 9.17) is 18.9 Å². The summed E-state index contributed by atoms with van der Waals surface area (Å²) in [5.41, 5.74) is 1.18. The van der Waals surface area contributed by atoms with Crippen LogP contribution >= 0.6 is 0 Å². The number of benzene rings is 1. The summed E-state index contributed by atoms with van der Waals surface area (Å²) in [4.78, 5) is 0. The van der Waals surface area contributed by atoms with Crippen LogP contribution in [0.5, 0.6) is 0 Å². The fraction of sp³-hybridized carbons (Fsp3) is 0.625. The van der Waals surface area contributed by atoms with Crippen molar-refractivity contribution in [3.8, 4) is 0 Å². The normalized spacial score (nSPS) is 10.8. The van der Waals surface area contributed by atoms with E-state index in [1.807, 2.05) is 18.2 Å². The lowest BCUT2D eigenvalue weighted by Gasteiger charge is -2.07. The topological polar surface area (TPSA) is 36.9 Å². The summed E-state index contributed by atoms with van der Waals surface area (Å²) in [7, 11) is 0. The molecule has 114 valence electrons. The quantitative estimate of drug-likeness (QED) is 0.521. The molecule has 4 nitrogen and oxygen atoms in total. The summed E-state index contributed by atoms with van der Waals surface area (Å²) in [6, 6.07) is 10.1. The summed E-state index contributed by atoms with van der Waals surface area (Å²) < 4.78 is 21.6. The van der Waals surface area contributed by atoms with Crippen molar-refractivity contribution in [3.63, 3.8) is 0 Å². The minimum Gasteiger partial charge on any atom is -0.379 e. The van der Waals surface area contributed by atoms with Gasteiger partial charge in [-0.3, -0.25) is 0 Å². The van der Waals surface area contributed by atoms with E-state index in [0.29, 0.717) is 46.2 Å². The minimum atomic E-state index is 0.600. The molecule has 1 aromatic carbocycles. The van der Waals surface area contributed by atoms with Crippen LogP contribution in [0.3, 0.4) is 0 Å². The van der Waals surface area contributed by atoms with E-state index in [1.165, 1.54) is 5.56 Å². The Labute approximate surface area is 122 Å².